The molecule has 8 nitrogen and oxygen atoms in total. The quantitative estimate of drug-likeness (QED) is 0.389. The van der Waals surface area contributed by atoms with Crippen molar-refractivity contribution in [2.75, 3.05) is 7.11 Å². The molecule has 1 aromatic carbocycles. The molecule has 1 atom stereocenters. The van der Waals surface area contributed by atoms with Crippen molar-refractivity contribution in [3.63, 3.8) is 0 Å². The maximum atomic E-state index is 14.5. The van der Waals surface area contributed by atoms with Gasteiger partial charge in [0.05, 0.1) is 30.6 Å². The fraction of sp³-hybridized carbons (Fsp3) is 0.409. The molecule has 0 saturated heterocycles. The number of aryl methyl sites for hydroxylation is 1. The van der Waals surface area contributed by atoms with Crippen LogP contribution in [0, 0.1) is 12.7 Å². The van der Waals surface area contributed by atoms with Gasteiger partial charge in [-0.15, -0.1) is 0 Å². The number of esters is 1. The topological polar surface area (TPSA) is 103 Å². The first-order chi connectivity index (χ1) is 16.3. The second kappa shape index (κ2) is 8.86. The standard InChI is InChI=1S/C22H22F4N4O4S/c1-11-7-17-15(8-16(11)23)18(21(31)34-3)19(30(17)13-5-4-6-13)20-27-9-14(10-28-20)35(32,33)29-12(2)22(24,25)26/h7-10,12-13,29H,4-6H2,1-3H3/t12-/m0/s1. The zero-order chi connectivity index (χ0) is 25.7. The van der Waals surface area contributed by atoms with Gasteiger partial charge in [0, 0.05) is 11.4 Å². The van der Waals surface area contributed by atoms with Gasteiger partial charge in [0.25, 0.3) is 0 Å². The number of alkyl halides is 3. The normalized spacial score (nSPS) is 15.7. The van der Waals surface area contributed by atoms with E-state index in [1.54, 1.807) is 13.0 Å². The molecule has 188 valence electrons. The van der Waals surface area contributed by atoms with E-state index in [4.69, 9.17) is 4.74 Å². The first-order valence-corrected chi connectivity index (χ1v) is 12.2. The van der Waals surface area contributed by atoms with Crippen LogP contribution in [0.25, 0.3) is 22.4 Å². The monoisotopic (exact) mass is 514 g/mol. The second-order valence-corrected chi connectivity index (χ2v) is 10.1. The van der Waals surface area contributed by atoms with E-state index in [0.717, 1.165) is 31.7 Å². The van der Waals surface area contributed by atoms with Crippen LogP contribution in [0.15, 0.2) is 29.4 Å². The number of hydrogen-bond acceptors (Lipinski definition) is 6. The lowest BCUT2D eigenvalue weighted by atomic mass is 9.92. The van der Waals surface area contributed by atoms with Crippen LogP contribution in [-0.4, -0.2) is 48.3 Å². The Hall–Kier alpha value is -3.06. The van der Waals surface area contributed by atoms with Gasteiger partial charge in [-0.3, -0.25) is 0 Å². The van der Waals surface area contributed by atoms with Crippen molar-refractivity contribution >= 4 is 26.9 Å². The molecule has 0 radical (unpaired) electrons. The van der Waals surface area contributed by atoms with Crippen molar-refractivity contribution in [1.82, 2.24) is 19.3 Å². The molecule has 35 heavy (non-hydrogen) atoms. The number of nitrogens with one attached hydrogen (secondary N) is 1. The fourth-order valence-electron chi connectivity index (χ4n) is 3.93. The molecule has 13 heteroatoms. The first kappa shape index (κ1) is 25.0. The Labute approximate surface area is 198 Å². The molecule has 0 spiro atoms. The summed E-state index contributed by atoms with van der Waals surface area (Å²) in [5, 5.41) is 0.294. The smallest absolute Gasteiger partial charge is 0.404 e. The molecule has 4 rings (SSSR count). The van der Waals surface area contributed by atoms with Gasteiger partial charge < -0.3 is 9.30 Å². The number of sulfonamides is 1. The van der Waals surface area contributed by atoms with Crippen LogP contribution in [0.1, 0.15) is 48.1 Å². The summed E-state index contributed by atoms with van der Waals surface area (Å²) in [4.78, 5) is 20.3. The predicted octanol–water partition coefficient (Wildman–Crippen LogP) is 4.29. The van der Waals surface area contributed by atoms with Crippen LogP contribution in [0.5, 0.6) is 0 Å². The third-order valence-corrected chi connectivity index (χ3v) is 7.58. The Morgan fingerprint density at radius 1 is 1.23 bits per heavy atom. The van der Waals surface area contributed by atoms with Crippen molar-refractivity contribution < 1.29 is 35.5 Å². The number of carbonyl (C=O) groups excluding carboxylic acids is 1. The van der Waals surface area contributed by atoms with Crippen LogP contribution >= 0.6 is 0 Å². The average molecular weight is 515 g/mol. The van der Waals surface area contributed by atoms with Crippen LogP contribution in [-0.2, 0) is 14.8 Å². The van der Waals surface area contributed by atoms with Gasteiger partial charge in [0.2, 0.25) is 10.0 Å². The molecular weight excluding hydrogens is 492 g/mol. The van der Waals surface area contributed by atoms with Crippen molar-refractivity contribution in [1.29, 1.82) is 0 Å². The van der Waals surface area contributed by atoms with E-state index in [1.807, 2.05) is 4.57 Å². The summed E-state index contributed by atoms with van der Waals surface area (Å²) in [6, 6.07) is 0.492. The molecule has 1 aliphatic rings. The van der Waals surface area contributed by atoms with Gasteiger partial charge in [0.1, 0.15) is 22.4 Å². The number of carbonyl (C=O) groups is 1. The van der Waals surface area contributed by atoms with E-state index in [9.17, 15) is 30.8 Å². The van der Waals surface area contributed by atoms with E-state index >= 15 is 0 Å². The minimum Gasteiger partial charge on any atom is -0.465 e. The largest absolute Gasteiger partial charge is 0.465 e. The van der Waals surface area contributed by atoms with Gasteiger partial charge in [-0.1, -0.05) is 0 Å². The van der Waals surface area contributed by atoms with Crippen LogP contribution < -0.4 is 4.72 Å². The third kappa shape index (κ3) is 4.49. The number of nitrogens with zero attached hydrogens (tertiary/aromatic N) is 3. The lowest BCUT2D eigenvalue weighted by Crippen LogP contribution is -2.43. The molecule has 1 aliphatic carbocycles. The highest BCUT2D eigenvalue weighted by atomic mass is 32.2. The summed E-state index contributed by atoms with van der Waals surface area (Å²) < 4.78 is 86.0. The van der Waals surface area contributed by atoms with Crippen LogP contribution in [0.2, 0.25) is 0 Å². The number of aromatic nitrogens is 3. The minimum absolute atomic E-state index is 0.0210. The molecule has 2 heterocycles. The molecule has 1 saturated carbocycles. The van der Waals surface area contributed by atoms with E-state index in [1.165, 1.54) is 17.9 Å². The molecule has 2 aromatic heterocycles. The Balaban J connectivity index is 1.87. The van der Waals surface area contributed by atoms with E-state index in [0.29, 0.717) is 23.4 Å². The van der Waals surface area contributed by atoms with E-state index in [2.05, 4.69) is 9.97 Å². The molecule has 1 fully saturated rings. The molecule has 0 aliphatic heterocycles. The Bertz CT molecular complexity index is 1400. The van der Waals surface area contributed by atoms with E-state index < -0.39 is 38.9 Å². The Kier molecular flexibility index (Phi) is 6.34. The fourth-order valence-corrected chi connectivity index (χ4v) is 5.05. The molecular formula is C22H22F4N4O4S. The summed E-state index contributed by atoms with van der Waals surface area (Å²) in [6.45, 7) is 2.27. The van der Waals surface area contributed by atoms with Crippen LogP contribution in [0.4, 0.5) is 17.6 Å². The highest BCUT2D eigenvalue weighted by Gasteiger charge is 2.39. The number of hydrogen-bond donors (Lipinski definition) is 1. The van der Waals surface area contributed by atoms with E-state index in [-0.39, 0.29) is 23.1 Å². The number of halogens is 4. The molecule has 0 unspecified atom stereocenters. The SMILES string of the molecule is COC(=O)c1c(-c2ncc(S(=O)(=O)N[C@@H](C)C(F)(F)F)cn2)n(C2CCC2)c2cc(C)c(F)cc12. The summed E-state index contributed by atoms with van der Waals surface area (Å²) >= 11 is 0. The van der Waals surface area contributed by atoms with Crippen LogP contribution in [0.3, 0.4) is 0 Å². The minimum atomic E-state index is -4.78. The molecule has 0 amide bonds. The maximum absolute atomic E-state index is 14.5. The number of ether oxygens (including phenoxy) is 1. The van der Waals surface area contributed by atoms with Gasteiger partial charge >= 0.3 is 12.1 Å². The molecule has 1 N–H and O–H groups in total. The zero-order valence-electron chi connectivity index (χ0n) is 19.0. The van der Waals surface area contributed by atoms with Gasteiger partial charge in [0.15, 0.2) is 5.82 Å². The zero-order valence-corrected chi connectivity index (χ0v) is 19.8. The number of benzene rings is 1. The lowest BCUT2D eigenvalue weighted by molar-refractivity contribution is -0.147. The Morgan fingerprint density at radius 3 is 2.37 bits per heavy atom. The highest BCUT2D eigenvalue weighted by molar-refractivity contribution is 7.89. The van der Waals surface area contributed by atoms with Gasteiger partial charge in [-0.05, 0) is 50.8 Å². The average Bonchev–Trinajstić information content (AvgIpc) is 3.05. The van der Waals surface area contributed by atoms with Crippen molar-refractivity contribution in [3.8, 4) is 11.5 Å². The summed E-state index contributed by atoms with van der Waals surface area (Å²) in [6.07, 6.45) is -0.523. The summed E-state index contributed by atoms with van der Waals surface area (Å²) in [5.41, 5.74) is 1.19. The number of methoxy groups -OCH3 is 1. The van der Waals surface area contributed by atoms with Crippen molar-refractivity contribution in [2.24, 2.45) is 0 Å². The summed E-state index contributed by atoms with van der Waals surface area (Å²) in [5.74, 6) is -1.33. The lowest BCUT2D eigenvalue weighted by Gasteiger charge is -2.30. The summed E-state index contributed by atoms with van der Waals surface area (Å²) in [7, 11) is -3.40. The van der Waals surface area contributed by atoms with Gasteiger partial charge in [-0.2, -0.15) is 17.9 Å². The third-order valence-electron chi connectivity index (χ3n) is 6.09. The van der Waals surface area contributed by atoms with Gasteiger partial charge in [-0.25, -0.2) is 27.6 Å². The molecule has 0 bridgehead atoms. The first-order valence-electron chi connectivity index (χ1n) is 10.7. The number of fused-ring (bicyclic) bond motifs is 1. The molecule has 3 aromatic rings. The maximum Gasteiger partial charge on any atom is 0.404 e. The predicted molar refractivity (Wildman–Crippen MR) is 118 cm³/mol. The number of rotatable bonds is 6. The highest BCUT2D eigenvalue weighted by Crippen LogP contribution is 2.42. The van der Waals surface area contributed by atoms with Crippen molar-refractivity contribution in [2.45, 2.75) is 56.3 Å². The second-order valence-electron chi connectivity index (χ2n) is 8.42. The Morgan fingerprint density at radius 2 is 1.86 bits per heavy atom. The van der Waals surface area contributed by atoms with Crippen molar-refractivity contribution in [3.05, 3.63) is 41.5 Å².